The molecule has 0 N–H and O–H groups in total. The quantitative estimate of drug-likeness (QED) is 0.469. The number of alkyl halides is 1. The molecule has 1 aromatic carbocycles. The third-order valence-electron chi connectivity index (χ3n) is 3.07. The van der Waals surface area contributed by atoms with Crippen molar-refractivity contribution < 1.29 is 13.9 Å². The molecule has 3 heteroatoms. The Kier molecular flexibility index (Phi) is 8.07. The van der Waals surface area contributed by atoms with Crippen LogP contribution in [0, 0.1) is 0 Å². The zero-order valence-corrected chi connectivity index (χ0v) is 11.6. The van der Waals surface area contributed by atoms with Crippen LogP contribution in [0.25, 0.3) is 0 Å². The fourth-order valence-electron chi connectivity index (χ4n) is 2.00. The van der Waals surface area contributed by atoms with Crippen molar-refractivity contribution in [3.8, 4) is 0 Å². The van der Waals surface area contributed by atoms with Crippen LogP contribution < -0.4 is 0 Å². The highest BCUT2D eigenvalue weighted by molar-refractivity contribution is 5.96. The second-order valence-electron chi connectivity index (χ2n) is 4.70. The Balaban J connectivity index is 2.36. The number of Topliss-reactive ketones (excluding diaryl/α,β-unsaturated/α-hetero) is 1. The van der Waals surface area contributed by atoms with Gasteiger partial charge in [-0.05, 0) is 25.7 Å². The van der Waals surface area contributed by atoms with E-state index in [1.54, 1.807) is 12.1 Å². The minimum atomic E-state index is -0.276. The molecule has 1 aromatic rings. The summed E-state index contributed by atoms with van der Waals surface area (Å²) < 4.78 is 17.7. The lowest BCUT2D eigenvalue weighted by molar-refractivity contribution is 0.0362. The molecule has 0 aliphatic carbocycles. The van der Waals surface area contributed by atoms with Crippen LogP contribution in [0.3, 0.4) is 0 Å². The van der Waals surface area contributed by atoms with Gasteiger partial charge in [0.2, 0.25) is 0 Å². The normalized spacial score (nSPS) is 12.3. The third-order valence-corrected chi connectivity index (χ3v) is 3.07. The summed E-state index contributed by atoms with van der Waals surface area (Å²) in [7, 11) is 0. The molecule has 2 nitrogen and oxygen atoms in total. The maximum atomic E-state index is 12.1. The van der Waals surface area contributed by atoms with Gasteiger partial charge in [0.1, 0.15) is 6.61 Å². The van der Waals surface area contributed by atoms with Crippen molar-refractivity contribution in [3.63, 3.8) is 0 Å². The minimum Gasteiger partial charge on any atom is -0.370 e. The van der Waals surface area contributed by atoms with E-state index < -0.39 is 0 Å². The van der Waals surface area contributed by atoms with Gasteiger partial charge in [0.05, 0.1) is 12.8 Å². The predicted octanol–water partition coefficient (Wildman–Crippen LogP) is 4.19. The van der Waals surface area contributed by atoms with Gasteiger partial charge in [0.25, 0.3) is 0 Å². The van der Waals surface area contributed by atoms with Gasteiger partial charge in [0.15, 0.2) is 5.78 Å². The first-order valence-electron chi connectivity index (χ1n) is 7.03. The van der Waals surface area contributed by atoms with Gasteiger partial charge in [-0.1, -0.05) is 43.7 Å². The maximum absolute atomic E-state index is 12.1. The molecule has 0 amide bonds. The summed E-state index contributed by atoms with van der Waals surface area (Å²) in [5, 5.41) is 0. The van der Waals surface area contributed by atoms with Gasteiger partial charge < -0.3 is 4.74 Å². The van der Waals surface area contributed by atoms with Gasteiger partial charge in [-0.15, -0.1) is 0 Å². The number of benzene rings is 1. The van der Waals surface area contributed by atoms with Crippen molar-refractivity contribution in [2.45, 2.75) is 45.1 Å². The summed E-state index contributed by atoms with van der Waals surface area (Å²) in [4.78, 5) is 11.9. The lowest BCUT2D eigenvalue weighted by atomic mass is 10.1. The van der Waals surface area contributed by atoms with Crippen LogP contribution in [-0.4, -0.2) is 25.2 Å². The van der Waals surface area contributed by atoms with Gasteiger partial charge >= 0.3 is 0 Å². The molecule has 0 saturated heterocycles. The Labute approximate surface area is 115 Å². The van der Waals surface area contributed by atoms with Crippen molar-refractivity contribution >= 4 is 5.78 Å². The van der Waals surface area contributed by atoms with Gasteiger partial charge in [0, 0.05) is 5.56 Å². The number of rotatable bonds is 10. The lowest BCUT2D eigenvalue weighted by Gasteiger charge is -2.16. The van der Waals surface area contributed by atoms with E-state index >= 15 is 0 Å². The highest BCUT2D eigenvalue weighted by Gasteiger charge is 2.11. The van der Waals surface area contributed by atoms with Crippen LogP contribution >= 0.6 is 0 Å². The molecule has 0 saturated carbocycles. The van der Waals surface area contributed by atoms with E-state index in [1.807, 2.05) is 18.2 Å². The summed E-state index contributed by atoms with van der Waals surface area (Å²) in [5.74, 6) is 0.00666. The van der Waals surface area contributed by atoms with E-state index in [2.05, 4.69) is 6.92 Å². The standard InChI is InChI=1S/C16H23FO2/c1-2-8-15(11-6-7-12-17)19-13-16(18)14-9-4-3-5-10-14/h3-5,9-10,15H,2,6-8,11-13H2,1H3. The fourth-order valence-corrected chi connectivity index (χ4v) is 2.00. The van der Waals surface area contributed by atoms with Crippen LogP contribution in [0.5, 0.6) is 0 Å². The second kappa shape index (κ2) is 9.68. The largest absolute Gasteiger partial charge is 0.370 e. The molecule has 106 valence electrons. The summed E-state index contributed by atoms with van der Waals surface area (Å²) in [6.07, 6.45) is 4.24. The summed E-state index contributed by atoms with van der Waals surface area (Å²) in [6, 6.07) is 9.16. The smallest absolute Gasteiger partial charge is 0.188 e. The van der Waals surface area contributed by atoms with E-state index in [-0.39, 0.29) is 25.2 Å². The number of ketones is 1. The number of unbranched alkanes of at least 4 members (excludes halogenated alkanes) is 1. The average Bonchev–Trinajstić information content (AvgIpc) is 2.45. The van der Waals surface area contributed by atoms with Gasteiger partial charge in [-0.3, -0.25) is 9.18 Å². The van der Waals surface area contributed by atoms with Crippen molar-refractivity contribution in [2.24, 2.45) is 0 Å². The van der Waals surface area contributed by atoms with Gasteiger partial charge in [-0.25, -0.2) is 0 Å². The molecular weight excluding hydrogens is 243 g/mol. The monoisotopic (exact) mass is 266 g/mol. The number of ether oxygens (including phenoxy) is 1. The van der Waals surface area contributed by atoms with Crippen molar-refractivity contribution in [2.75, 3.05) is 13.3 Å². The highest BCUT2D eigenvalue weighted by Crippen LogP contribution is 2.12. The van der Waals surface area contributed by atoms with Gasteiger partial charge in [-0.2, -0.15) is 0 Å². The van der Waals surface area contributed by atoms with Crippen molar-refractivity contribution in [1.82, 2.24) is 0 Å². The van der Waals surface area contributed by atoms with E-state index in [0.29, 0.717) is 12.0 Å². The molecule has 1 rings (SSSR count). The Bertz CT molecular complexity index is 351. The predicted molar refractivity (Wildman–Crippen MR) is 75.2 cm³/mol. The number of carbonyl (C=O) groups excluding carboxylic acids is 1. The second-order valence-corrected chi connectivity index (χ2v) is 4.70. The molecule has 0 heterocycles. The minimum absolute atomic E-state index is 0.00666. The Hall–Kier alpha value is -1.22. The van der Waals surface area contributed by atoms with Crippen LogP contribution in [0.1, 0.15) is 49.4 Å². The molecule has 0 aromatic heterocycles. The molecule has 0 fully saturated rings. The molecule has 0 aliphatic rings. The number of halogens is 1. The maximum Gasteiger partial charge on any atom is 0.188 e. The molecule has 0 bridgehead atoms. The van der Waals surface area contributed by atoms with E-state index in [9.17, 15) is 9.18 Å². The molecule has 1 atom stereocenters. The Morgan fingerprint density at radius 3 is 2.58 bits per heavy atom. The summed E-state index contributed by atoms with van der Waals surface area (Å²) in [6.45, 7) is 1.93. The van der Waals surface area contributed by atoms with E-state index in [0.717, 1.165) is 25.7 Å². The zero-order chi connectivity index (χ0) is 13.9. The topological polar surface area (TPSA) is 26.3 Å². The highest BCUT2D eigenvalue weighted by atomic mass is 19.1. The lowest BCUT2D eigenvalue weighted by Crippen LogP contribution is -2.18. The van der Waals surface area contributed by atoms with Crippen LogP contribution in [0.15, 0.2) is 30.3 Å². The Morgan fingerprint density at radius 1 is 1.21 bits per heavy atom. The van der Waals surface area contributed by atoms with E-state index in [1.165, 1.54) is 0 Å². The summed E-state index contributed by atoms with van der Waals surface area (Å²) >= 11 is 0. The first-order chi connectivity index (χ1) is 9.27. The number of hydrogen-bond acceptors (Lipinski definition) is 2. The molecule has 0 aliphatic heterocycles. The number of hydrogen-bond donors (Lipinski definition) is 0. The van der Waals surface area contributed by atoms with Crippen LogP contribution in [-0.2, 0) is 4.74 Å². The molecule has 19 heavy (non-hydrogen) atoms. The van der Waals surface area contributed by atoms with E-state index in [4.69, 9.17) is 4.74 Å². The molecule has 1 unspecified atom stereocenters. The number of carbonyl (C=O) groups is 1. The Morgan fingerprint density at radius 2 is 1.95 bits per heavy atom. The molecule has 0 radical (unpaired) electrons. The van der Waals surface area contributed by atoms with Crippen molar-refractivity contribution in [3.05, 3.63) is 35.9 Å². The van der Waals surface area contributed by atoms with Crippen LogP contribution in [0.4, 0.5) is 4.39 Å². The first kappa shape index (κ1) is 15.8. The zero-order valence-electron chi connectivity index (χ0n) is 11.6. The molecule has 0 spiro atoms. The summed E-state index contributed by atoms with van der Waals surface area (Å²) in [5.41, 5.74) is 0.682. The molecular formula is C16H23FO2. The third kappa shape index (κ3) is 6.48. The van der Waals surface area contributed by atoms with Crippen LogP contribution in [0.2, 0.25) is 0 Å². The average molecular weight is 266 g/mol. The fraction of sp³-hybridized carbons (Fsp3) is 0.562. The SMILES string of the molecule is CCCC(CCCCF)OCC(=O)c1ccccc1. The first-order valence-corrected chi connectivity index (χ1v) is 7.03. The van der Waals surface area contributed by atoms with Crippen molar-refractivity contribution in [1.29, 1.82) is 0 Å².